The first-order chi connectivity index (χ1) is 18.1. The van der Waals surface area contributed by atoms with Gasteiger partial charge in [0.15, 0.2) is 0 Å². The van der Waals surface area contributed by atoms with Crippen molar-refractivity contribution in [2.45, 2.75) is 25.6 Å². The van der Waals surface area contributed by atoms with E-state index in [2.05, 4.69) is 9.97 Å². The molecular weight excluding hydrogens is 501 g/mol. The van der Waals surface area contributed by atoms with Crippen molar-refractivity contribution in [2.75, 3.05) is 18.0 Å². The summed E-state index contributed by atoms with van der Waals surface area (Å²) in [5, 5.41) is 9.45. The van der Waals surface area contributed by atoms with E-state index in [0.29, 0.717) is 35.5 Å². The normalized spacial score (nSPS) is 18.0. The fourth-order valence-electron chi connectivity index (χ4n) is 4.79. The Labute approximate surface area is 215 Å². The Bertz CT molecular complexity index is 1580. The Balaban J connectivity index is 1.74. The molecule has 1 aromatic heterocycles. The minimum absolute atomic E-state index is 0.0211. The number of hydrogen-bond donors (Lipinski definition) is 1. The number of anilines is 1. The van der Waals surface area contributed by atoms with Gasteiger partial charge in [0.05, 0.1) is 22.3 Å². The third-order valence-electron chi connectivity index (χ3n) is 6.91. The first kappa shape index (κ1) is 25.5. The molecule has 1 fully saturated rings. The van der Waals surface area contributed by atoms with Crippen LogP contribution in [0.2, 0.25) is 0 Å². The van der Waals surface area contributed by atoms with Crippen molar-refractivity contribution >= 4 is 16.9 Å². The van der Waals surface area contributed by atoms with Crippen LogP contribution in [0.1, 0.15) is 24.5 Å². The minimum Gasteiger partial charge on any atom is -0.340 e. The van der Waals surface area contributed by atoms with Crippen molar-refractivity contribution in [3.05, 3.63) is 77.4 Å². The van der Waals surface area contributed by atoms with E-state index < -0.39 is 28.9 Å². The molecule has 2 atom stereocenters. The summed E-state index contributed by atoms with van der Waals surface area (Å²) >= 11 is 0. The van der Waals surface area contributed by atoms with E-state index in [9.17, 15) is 22.0 Å². The smallest absolute Gasteiger partial charge is 0.340 e. The van der Waals surface area contributed by atoms with E-state index in [0.717, 1.165) is 30.7 Å². The number of fused-ring (bicyclic) bond motifs is 1. The molecule has 10 heteroatoms. The van der Waals surface area contributed by atoms with Crippen molar-refractivity contribution in [1.82, 2.24) is 9.97 Å². The molecule has 194 valence electrons. The van der Waals surface area contributed by atoms with Crippen LogP contribution in [0.15, 0.2) is 54.6 Å². The van der Waals surface area contributed by atoms with Gasteiger partial charge in [0.25, 0.3) is 0 Å². The lowest BCUT2D eigenvalue weighted by Crippen LogP contribution is -2.46. The Morgan fingerprint density at radius 1 is 1.00 bits per heavy atom. The van der Waals surface area contributed by atoms with Gasteiger partial charge in [-0.3, -0.25) is 0 Å². The molecule has 0 spiro atoms. The van der Waals surface area contributed by atoms with Crippen molar-refractivity contribution < 1.29 is 22.0 Å². The largest absolute Gasteiger partial charge is 0.417 e. The van der Waals surface area contributed by atoms with Crippen molar-refractivity contribution in [3.8, 4) is 28.5 Å². The Morgan fingerprint density at radius 2 is 1.76 bits per heavy atom. The Morgan fingerprint density at radius 3 is 2.45 bits per heavy atom. The number of benzene rings is 3. The molecule has 2 heterocycles. The molecule has 3 aromatic carbocycles. The monoisotopic (exact) mass is 523 g/mol. The third-order valence-corrected chi connectivity index (χ3v) is 6.91. The summed E-state index contributed by atoms with van der Waals surface area (Å²) in [6.45, 7) is 3.21. The molecule has 0 unspecified atom stereocenters. The minimum atomic E-state index is -4.78. The van der Waals surface area contributed by atoms with Gasteiger partial charge in [-0.2, -0.15) is 18.4 Å². The zero-order valence-corrected chi connectivity index (χ0v) is 20.2. The van der Waals surface area contributed by atoms with Crippen LogP contribution in [0.25, 0.3) is 33.3 Å². The Hall–Kier alpha value is -4.10. The zero-order valence-electron chi connectivity index (χ0n) is 20.2. The van der Waals surface area contributed by atoms with Crippen LogP contribution in [-0.2, 0) is 6.18 Å². The molecule has 5 nitrogen and oxygen atoms in total. The molecule has 1 aliphatic rings. The summed E-state index contributed by atoms with van der Waals surface area (Å²) in [5.74, 6) is -1.25. The van der Waals surface area contributed by atoms with Crippen LogP contribution in [0.4, 0.5) is 27.9 Å². The van der Waals surface area contributed by atoms with Gasteiger partial charge in [-0.05, 0) is 54.3 Å². The summed E-state index contributed by atoms with van der Waals surface area (Å²) in [6, 6.07) is 12.8. The number of halogens is 5. The fourth-order valence-corrected chi connectivity index (χ4v) is 4.79. The van der Waals surface area contributed by atoms with E-state index in [4.69, 9.17) is 11.0 Å². The van der Waals surface area contributed by atoms with E-state index in [-0.39, 0.29) is 28.8 Å². The second kappa shape index (κ2) is 9.65. The summed E-state index contributed by atoms with van der Waals surface area (Å²) in [6.07, 6.45) is -4.06. The highest BCUT2D eigenvalue weighted by atomic mass is 19.4. The average molecular weight is 524 g/mol. The van der Waals surface area contributed by atoms with Gasteiger partial charge >= 0.3 is 6.18 Å². The molecule has 4 aromatic rings. The number of nitrogens with zero attached hydrogens (tertiary/aromatic N) is 4. The number of rotatable bonds is 3. The quantitative estimate of drug-likeness (QED) is 0.319. The second-order valence-corrected chi connectivity index (χ2v) is 9.45. The van der Waals surface area contributed by atoms with Gasteiger partial charge < -0.3 is 10.6 Å². The van der Waals surface area contributed by atoms with Crippen LogP contribution in [0.3, 0.4) is 0 Å². The number of nitrogens with two attached hydrogens (primary N) is 1. The number of piperidine rings is 1. The van der Waals surface area contributed by atoms with Crippen LogP contribution in [-0.4, -0.2) is 29.1 Å². The maximum absolute atomic E-state index is 14.8. The molecule has 0 radical (unpaired) electrons. The topological polar surface area (TPSA) is 78.8 Å². The van der Waals surface area contributed by atoms with Crippen LogP contribution in [0.5, 0.6) is 0 Å². The van der Waals surface area contributed by atoms with Crippen LogP contribution >= 0.6 is 0 Å². The molecule has 5 rings (SSSR count). The van der Waals surface area contributed by atoms with Crippen molar-refractivity contribution in [3.63, 3.8) is 0 Å². The fraction of sp³-hybridized carbons (Fsp3) is 0.250. The summed E-state index contributed by atoms with van der Waals surface area (Å²) in [4.78, 5) is 11.3. The molecule has 0 aliphatic carbocycles. The maximum atomic E-state index is 14.8. The number of nitriles is 1. The molecule has 0 bridgehead atoms. The van der Waals surface area contributed by atoms with Gasteiger partial charge in [-0.25, -0.2) is 18.7 Å². The summed E-state index contributed by atoms with van der Waals surface area (Å²) in [7, 11) is 0. The highest BCUT2D eigenvalue weighted by Crippen LogP contribution is 2.40. The Kier molecular flexibility index (Phi) is 6.49. The molecule has 0 amide bonds. The molecular formula is C28H22F5N5. The van der Waals surface area contributed by atoms with E-state index in [1.54, 1.807) is 6.07 Å². The molecule has 0 saturated carbocycles. The van der Waals surface area contributed by atoms with Crippen LogP contribution < -0.4 is 10.6 Å². The lowest BCUT2D eigenvalue weighted by Gasteiger charge is -2.35. The predicted molar refractivity (Wildman–Crippen MR) is 134 cm³/mol. The number of hydrogen-bond acceptors (Lipinski definition) is 5. The molecule has 2 N–H and O–H groups in total. The van der Waals surface area contributed by atoms with E-state index >= 15 is 0 Å². The summed E-state index contributed by atoms with van der Waals surface area (Å²) < 4.78 is 70.6. The standard InChI is InChI=1S/C28H22F5N5/c1-15-14-38(10-9-23(15)35)27-36-24-8-7-16(25-20(28(31,32)33)3-2-4-21(25)29)11-19(24)26(37-27)17-5-6-18(13-34)22(30)12-17/h2-8,11-12,15,23H,9-10,14,35H2,1H3/t15-,23-/m1/s1. The van der Waals surface area contributed by atoms with Gasteiger partial charge in [0, 0.05) is 35.6 Å². The van der Waals surface area contributed by atoms with Gasteiger partial charge in [-0.1, -0.05) is 25.1 Å². The first-order valence-corrected chi connectivity index (χ1v) is 11.9. The predicted octanol–water partition coefficient (Wildman–Crippen LogP) is 6.31. The van der Waals surface area contributed by atoms with Gasteiger partial charge in [0.2, 0.25) is 5.95 Å². The molecule has 1 saturated heterocycles. The summed E-state index contributed by atoms with van der Waals surface area (Å²) in [5.41, 5.74) is 5.22. The highest BCUT2D eigenvalue weighted by molar-refractivity contribution is 5.96. The number of alkyl halides is 3. The van der Waals surface area contributed by atoms with E-state index in [1.165, 1.54) is 30.3 Å². The highest BCUT2D eigenvalue weighted by Gasteiger charge is 2.35. The first-order valence-electron chi connectivity index (χ1n) is 11.9. The molecule has 38 heavy (non-hydrogen) atoms. The lowest BCUT2D eigenvalue weighted by atomic mass is 9.95. The number of aromatic nitrogens is 2. The average Bonchev–Trinajstić information content (AvgIpc) is 2.88. The zero-order chi connectivity index (χ0) is 27.2. The third kappa shape index (κ3) is 4.65. The van der Waals surface area contributed by atoms with Crippen molar-refractivity contribution in [1.29, 1.82) is 5.26 Å². The van der Waals surface area contributed by atoms with Crippen molar-refractivity contribution in [2.24, 2.45) is 11.7 Å². The lowest BCUT2D eigenvalue weighted by molar-refractivity contribution is -0.137. The molecule has 1 aliphatic heterocycles. The van der Waals surface area contributed by atoms with Gasteiger partial charge in [-0.15, -0.1) is 0 Å². The van der Waals surface area contributed by atoms with Gasteiger partial charge in [0.1, 0.15) is 17.7 Å². The van der Waals surface area contributed by atoms with E-state index in [1.807, 2.05) is 11.8 Å². The maximum Gasteiger partial charge on any atom is 0.417 e. The van der Waals surface area contributed by atoms with Crippen LogP contribution in [0, 0.1) is 28.9 Å². The second-order valence-electron chi connectivity index (χ2n) is 9.45. The SMILES string of the molecule is C[C@@H]1CN(c2nc(-c3ccc(C#N)c(F)c3)c3cc(-c4c(F)cccc4C(F)(F)F)ccc3n2)CC[C@H]1N.